The summed E-state index contributed by atoms with van der Waals surface area (Å²) in [6.07, 6.45) is 11.4. The number of hydrogen-bond donors (Lipinski definition) is 1. The monoisotopic (exact) mass is 352 g/mol. The Bertz CT molecular complexity index is 396. The van der Waals surface area contributed by atoms with Gasteiger partial charge in [-0.2, -0.15) is 0 Å². The average molecular weight is 353 g/mol. The highest BCUT2D eigenvalue weighted by Crippen LogP contribution is 2.34. The van der Waals surface area contributed by atoms with Gasteiger partial charge in [0.15, 0.2) is 0 Å². The lowest BCUT2D eigenvalue weighted by Gasteiger charge is -2.34. The van der Waals surface area contributed by atoms with Gasteiger partial charge < -0.3 is 5.32 Å². The third-order valence-electron chi connectivity index (χ3n) is 4.84. The van der Waals surface area contributed by atoms with Crippen molar-refractivity contribution in [2.45, 2.75) is 64.8 Å². The van der Waals surface area contributed by atoms with Crippen LogP contribution in [0, 0.1) is 11.8 Å². The van der Waals surface area contributed by atoms with Crippen LogP contribution in [0.3, 0.4) is 0 Å². The molecule has 0 bridgehead atoms. The van der Waals surface area contributed by atoms with Crippen molar-refractivity contribution < 1.29 is 0 Å². The highest BCUT2D eigenvalue weighted by molar-refractivity contribution is 9.10. The van der Waals surface area contributed by atoms with Gasteiger partial charge >= 0.3 is 0 Å². The first kappa shape index (κ1) is 17.0. The van der Waals surface area contributed by atoms with Crippen LogP contribution in [-0.2, 0) is 6.42 Å². The molecule has 0 saturated heterocycles. The zero-order valence-electron chi connectivity index (χ0n) is 13.4. The molecule has 1 heterocycles. The molecule has 0 amide bonds. The molecule has 0 aliphatic heterocycles. The second kappa shape index (κ2) is 8.89. The Hall–Kier alpha value is -0.410. The maximum atomic E-state index is 4.55. The lowest BCUT2D eigenvalue weighted by Crippen LogP contribution is -2.40. The van der Waals surface area contributed by atoms with E-state index in [1.807, 2.05) is 6.20 Å². The van der Waals surface area contributed by atoms with E-state index in [0.29, 0.717) is 6.04 Å². The number of pyridine rings is 1. The van der Waals surface area contributed by atoms with Crippen molar-refractivity contribution in [3.63, 3.8) is 0 Å². The number of hydrogen-bond acceptors (Lipinski definition) is 2. The van der Waals surface area contributed by atoms with Gasteiger partial charge in [-0.15, -0.1) is 0 Å². The molecule has 2 nitrogen and oxygen atoms in total. The summed E-state index contributed by atoms with van der Waals surface area (Å²) in [6.45, 7) is 5.58. The standard InChI is InChI=1S/C18H29BrN2/c1-3-5-14-6-8-15(9-7-14)18(20-4-2)12-17-11-10-16(19)13-21-17/h10-11,13-15,18,20H,3-9,12H2,1-2H3. The first-order chi connectivity index (χ1) is 10.2. The molecule has 1 aromatic heterocycles. The zero-order valence-corrected chi connectivity index (χ0v) is 15.0. The number of halogens is 1. The predicted molar refractivity (Wildman–Crippen MR) is 93.5 cm³/mol. The second-order valence-electron chi connectivity index (χ2n) is 6.41. The number of aromatic nitrogens is 1. The van der Waals surface area contributed by atoms with E-state index in [1.54, 1.807) is 0 Å². The smallest absolute Gasteiger partial charge is 0.0420 e. The van der Waals surface area contributed by atoms with Crippen molar-refractivity contribution in [1.29, 1.82) is 0 Å². The third kappa shape index (κ3) is 5.37. The van der Waals surface area contributed by atoms with Crippen LogP contribution in [0.2, 0.25) is 0 Å². The van der Waals surface area contributed by atoms with Crippen molar-refractivity contribution in [3.05, 3.63) is 28.5 Å². The van der Waals surface area contributed by atoms with E-state index >= 15 is 0 Å². The fourth-order valence-corrected chi connectivity index (χ4v) is 3.94. The fraction of sp³-hybridized carbons (Fsp3) is 0.722. The molecule has 118 valence electrons. The van der Waals surface area contributed by atoms with E-state index in [9.17, 15) is 0 Å². The number of likely N-dealkylation sites (N-methyl/N-ethyl adjacent to an activating group) is 1. The molecule has 1 aromatic rings. The van der Waals surface area contributed by atoms with Crippen LogP contribution in [0.25, 0.3) is 0 Å². The van der Waals surface area contributed by atoms with Crippen molar-refractivity contribution >= 4 is 15.9 Å². The molecule has 21 heavy (non-hydrogen) atoms. The van der Waals surface area contributed by atoms with E-state index < -0.39 is 0 Å². The minimum atomic E-state index is 0.589. The topological polar surface area (TPSA) is 24.9 Å². The summed E-state index contributed by atoms with van der Waals surface area (Å²) in [6, 6.07) is 4.84. The Morgan fingerprint density at radius 1 is 1.24 bits per heavy atom. The summed E-state index contributed by atoms with van der Waals surface area (Å²) in [4.78, 5) is 4.55. The Labute approximate surface area is 138 Å². The van der Waals surface area contributed by atoms with Crippen molar-refractivity contribution in [2.24, 2.45) is 11.8 Å². The van der Waals surface area contributed by atoms with E-state index in [2.05, 4.69) is 52.2 Å². The molecule has 1 unspecified atom stereocenters. The van der Waals surface area contributed by atoms with Crippen LogP contribution >= 0.6 is 15.9 Å². The zero-order chi connectivity index (χ0) is 15.1. The van der Waals surface area contributed by atoms with E-state index in [4.69, 9.17) is 0 Å². The minimum absolute atomic E-state index is 0.589. The van der Waals surface area contributed by atoms with Gasteiger partial charge in [0, 0.05) is 28.8 Å². The normalized spacial score (nSPS) is 24.0. The largest absolute Gasteiger partial charge is 0.314 e. The van der Waals surface area contributed by atoms with Crippen molar-refractivity contribution in [1.82, 2.24) is 10.3 Å². The number of nitrogens with zero attached hydrogens (tertiary/aromatic N) is 1. The Morgan fingerprint density at radius 3 is 2.57 bits per heavy atom. The van der Waals surface area contributed by atoms with E-state index in [-0.39, 0.29) is 0 Å². The van der Waals surface area contributed by atoms with Gasteiger partial charge in [0.1, 0.15) is 0 Å². The first-order valence-electron chi connectivity index (χ1n) is 8.56. The maximum absolute atomic E-state index is 4.55. The highest BCUT2D eigenvalue weighted by atomic mass is 79.9. The van der Waals surface area contributed by atoms with E-state index in [0.717, 1.165) is 29.3 Å². The summed E-state index contributed by atoms with van der Waals surface area (Å²) in [5, 5.41) is 3.71. The van der Waals surface area contributed by atoms with Crippen LogP contribution < -0.4 is 5.32 Å². The summed E-state index contributed by atoms with van der Waals surface area (Å²) in [5.41, 5.74) is 1.21. The van der Waals surface area contributed by atoms with Gasteiger partial charge in [-0.05, 0) is 59.3 Å². The molecule has 1 aliphatic carbocycles. The fourth-order valence-electron chi connectivity index (χ4n) is 3.71. The second-order valence-corrected chi connectivity index (χ2v) is 7.32. The molecular weight excluding hydrogens is 324 g/mol. The molecule has 0 aromatic carbocycles. The molecule has 1 fully saturated rings. The van der Waals surface area contributed by atoms with Crippen LogP contribution in [-0.4, -0.2) is 17.6 Å². The lowest BCUT2D eigenvalue weighted by molar-refractivity contribution is 0.213. The Balaban J connectivity index is 1.91. The molecule has 1 saturated carbocycles. The summed E-state index contributed by atoms with van der Waals surface area (Å²) < 4.78 is 1.06. The molecule has 3 heteroatoms. The molecule has 1 aliphatic rings. The van der Waals surface area contributed by atoms with E-state index in [1.165, 1.54) is 44.2 Å². The summed E-state index contributed by atoms with van der Waals surface area (Å²) in [7, 11) is 0. The predicted octanol–water partition coefficient (Wildman–Crippen LogP) is 4.97. The van der Waals surface area contributed by atoms with Gasteiger partial charge in [-0.1, -0.05) is 39.5 Å². The van der Waals surface area contributed by atoms with Gasteiger partial charge in [-0.3, -0.25) is 4.98 Å². The third-order valence-corrected chi connectivity index (χ3v) is 5.31. The first-order valence-corrected chi connectivity index (χ1v) is 9.36. The van der Waals surface area contributed by atoms with Gasteiger partial charge in [-0.25, -0.2) is 0 Å². The molecule has 1 atom stereocenters. The van der Waals surface area contributed by atoms with Crippen molar-refractivity contribution in [3.8, 4) is 0 Å². The van der Waals surface area contributed by atoms with Gasteiger partial charge in [0.05, 0.1) is 0 Å². The van der Waals surface area contributed by atoms with Crippen LogP contribution in [0.4, 0.5) is 0 Å². The molecule has 1 N–H and O–H groups in total. The van der Waals surface area contributed by atoms with Crippen LogP contribution in [0.5, 0.6) is 0 Å². The quantitative estimate of drug-likeness (QED) is 0.748. The minimum Gasteiger partial charge on any atom is -0.314 e. The van der Waals surface area contributed by atoms with Crippen LogP contribution in [0.15, 0.2) is 22.8 Å². The highest BCUT2D eigenvalue weighted by Gasteiger charge is 2.27. The maximum Gasteiger partial charge on any atom is 0.0420 e. The number of rotatable bonds is 7. The van der Waals surface area contributed by atoms with Crippen molar-refractivity contribution in [2.75, 3.05) is 6.54 Å². The molecular formula is C18H29BrN2. The lowest BCUT2D eigenvalue weighted by atomic mass is 9.76. The Morgan fingerprint density at radius 2 is 2.00 bits per heavy atom. The SMILES string of the molecule is CCCC1CCC(C(Cc2ccc(Br)cn2)NCC)CC1. The summed E-state index contributed by atoms with van der Waals surface area (Å²) in [5.74, 6) is 1.81. The molecule has 0 radical (unpaired) electrons. The van der Waals surface area contributed by atoms with Gasteiger partial charge in [0.2, 0.25) is 0 Å². The molecule has 2 rings (SSSR count). The Kier molecular flexibility index (Phi) is 7.18. The van der Waals surface area contributed by atoms with Gasteiger partial charge in [0.25, 0.3) is 0 Å². The molecule has 0 spiro atoms. The summed E-state index contributed by atoms with van der Waals surface area (Å²) >= 11 is 3.46. The number of nitrogens with one attached hydrogen (secondary N) is 1. The average Bonchev–Trinajstić information content (AvgIpc) is 2.50. The van der Waals surface area contributed by atoms with Crippen LogP contribution in [0.1, 0.15) is 58.1 Å².